The van der Waals surface area contributed by atoms with Gasteiger partial charge in [-0.1, -0.05) is 35.3 Å². The van der Waals surface area contributed by atoms with E-state index in [1.807, 2.05) is 0 Å². The van der Waals surface area contributed by atoms with Crippen molar-refractivity contribution in [2.75, 3.05) is 30.8 Å². The fraction of sp³-hybridized carbons (Fsp3) is 0.308. The second-order valence-electron chi connectivity index (χ2n) is 9.10. The van der Waals surface area contributed by atoms with Gasteiger partial charge in [0.2, 0.25) is 5.95 Å². The van der Waals surface area contributed by atoms with E-state index in [1.54, 1.807) is 22.9 Å². The van der Waals surface area contributed by atoms with Crippen molar-refractivity contribution in [2.45, 2.75) is 31.8 Å². The van der Waals surface area contributed by atoms with Crippen LogP contribution in [-0.2, 0) is 0 Å². The predicted octanol–water partition coefficient (Wildman–Crippen LogP) is 5.65. The molecule has 36 heavy (non-hydrogen) atoms. The molecule has 8 nitrogen and oxygen atoms in total. The maximum atomic E-state index is 9.68. The first-order valence-electron chi connectivity index (χ1n) is 11.8. The molecule has 1 atom stereocenters. The summed E-state index contributed by atoms with van der Waals surface area (Å²) in [4.78, 5) is 15.8. The summed E-state index contributed by atoms with van der Waals surface area (Å²) in [6.45, 7) is 4.28. The Hall–Kier alpha value is -3.38. The summed E-state index contributed by atoms with van der Waals surface area (Å²) in [5.41, 5.74) is 4.15. The standard InChI is InChI=1S/C26H26Cl2N8/c1-16(17-4-3-5-20(12-17)33-19-6-9-35(2)10-7-19)32-26-31-14-18(13-29)24(34-26)22-15-30-25-23(28)21(27)8-11-36(22)25/h3-5,8,11-12,14-16,19,33H,6-7,9-10H2,1-2H3,(H,31,32,34)/t16-/m0/s1. The topological polar surface area (TPSA) is 94.2 Å². The van der Waals surface area contributed by atoms with Gasteiger partial charge in [0.05, 0.1) is 34.7 Å². The highest BCUT2D eigenvalue weighted by Crippen LogP contribution is 2.31. The number of piperidine rings is 1. The molecule has 0 amide bonds. The quantitative estimate of drug-likeness (QED) is 0.339. The molecule has 4 aromatic rings. The maximum absolute atomic E-state index is 9.68. The summed E-state index contributed by atoms with van der Waals surface area (Å²) in [5.74, 6) is 0.417. The summed E-state index contributed by atoms with van der Waals surface area (Å²) in [5, 5.41) is 17.5. The van der Waals surface area contributed by atoms with Crippen molar-refractivity contribution in [1.29, 1.82) is 5.26 Å². The molecule has 1 saturated heterocycles. The highest BCUT2D eigenvalue weighted by molar-refractivity contribution is 6.43. The minimum Gasteiger partial charge on any atom is -0.382 e. The molecule has 1 fully saturated rings. The Morgan fingerprint density at radius 1 is 1.14 bits per heavy atom. The summed E-state index contributed by atoms with van der Waals surface area (Å²) in [6.07, 6.45) is 7.18. The van der Waals surface area contributed by atoms with Crippen molar-refractivity contribution in [2.24, 2.45) is 0 Å². The van der Waals surface area contributed by atoms with Gasteiger partial charge in [-0.05, 0) is 63.7 Å². The van der Waals surface area contributed by atoms with Crippen molar-refractivity contribution in [3.63, 3.8) is 0 Å². The summed E-state index contributed by atoms with van der Waals surface area (Å²) < 4.78 is 1.77. The monoisotopic (exact) mass is 520 g/mol. The molecule has 0 bridgehead atoms. The van der Waals surface area contributed by atoms with E-state index in [0.717, 1.165) is 37.2 Å². The third-order valence-electron chi connectivity index (χ3n) is 6.55. The molecule has 4 heterocycles. The van der Waals surface area contributed by atoms with E-state index in [4.69, 9.17) is 23.2 Å². The third kappa shape index (κ3) is 4.96. The number of hydrogen-bond donors (Lipinski definition) is 2. The molecule has 0 spiro atoms. The number of halogens is 2. The number of likely N-dealkylation sites (tertiary alicyclic amines) is 1. The van der Waals surface area contributed by atoms with Crippen LogP contribution in [0.3, 0.4) is 0 Å². The first-order valence-corrected chi connectivity index (χ1v) is 12.6. The predicted molar refractivity (Wildman–Crippen MR) is 144 cm³/mol. The molecule has 1 aliphatic heterocycles. The van der Waals surface area contributed by atoms with Crippen LogP contribution in [0.15, 0.2) is 48.9 Å². The molecule has 10 heteroatoms. The molecule has 5 rings (SSSR count). The summed E-state index contributed by atoms with van der Waals surface area (Å²) in [6, 6.07) is 12.7. The Bertz CT molecular complexity index is 1440. The number of benzene rings is 1. The smallest absolute Gasteiger partial charge is 0.223 e. The number of nitrogens with zero attached hydrogens (tertiary/aromatic N) is 6. The molecule has 0 aliphatic carbocycles. The van der Waals surface area contributed by atoms with Gasteiger partial charge < -0.3 is 15.5 Å². The SMILES string of the molecule is C[C@H](Nc1ncc(C#N)c(-c2cnc3c(Cl)c(Cl)ccn23)n1)c1cccc(NC2CCN(C)CC2)c1. The number of pyridine rings is 1. The van der Waals surface area contributed by atoms with Crippen LogP contribution in [0.1, 0.15) is 36.9 Å². The largest absolute Gasteiger partial charge is 0.382 e. The first kappa shape index (κ1) is 24.3. The van der Waals surface area contributed by atoms with Crippen molar-refractivity contribution in [3.05, 3.63) is 70.1 Å². The van der Waals surface area contributed by atoms with Crippen LogP contribution in [0.25, 0.3) is 17.0 Å². The van der Waals surface area contributed by atoms with Crippen LogP contribution >= 0.6 is 23.2 Å². The average molecular weight is 521 g/mol. The van der Waals surface area contributed by atoms with Gasteiger partial charge in [0.1, 0.15) is 16.8 Å². The van der Waals surface area contributed by atoms with Crippen LogP contribution < -0.4 is 10.6 Å². The van der Waals surface area contributed by atoms with Crippen LogP contribution in [0.4, 0.5) is 11.6 Å². The zero-order valence-corrected chi connectivity index (χ0v) is 21.6. The zero-order valence-electron chi connectivity index (χ0n) is 20.0. The average Bonchev–Trinajstić information content (AvgIpc) is 3.32. The molecule has 2 N–H and O–H groups in total. The Labute approximate surface area is 219 Å². The number of nitriles is 1. The lowest BCUT2D eigenvalue weighted by Gasteiger charge is -2.30. The van der Waals surface area contributed by atoms with Gasteiger partial charge in [-0.25, -0.2) is 15.0 Å². The molecule has 1 aromatic carbocycles. The molecule has 184 valence electrons. The van der Waals surface area contributed by atoms with E-state index in [9.17, 15) is 5.26 Å². The normalized spacial score (nSPS) is 15.5. The highest BCUT2D eigenvalue weighted by Gasteiger charge is 2.19. The fourth-order valence-corrected chi connectivity index (χ4v) is 4.80. The number of nitrogens with one attached hydrogen (secondary N) is 2. The van der Waals surface area contributed by atoms with Crippen LogP contribution in [-0.4, -0.2) is 50.4 Å². The molecule has 1 aliphatic rings. The lowest BCUT2D eigenvalue weighted by atomic mass is 10.0. The molecule has 0 radical (unpaired) electrons. The summed E-state index contributed by atoms with van der Waals surface area (Å²) >= 11 is 12.5. The van der Waals surface area contributed by atoms with Gasteiger partial charge in [0, 0.05) is 17.9 Å². The second kappa shape index (κ2) is 10.3. The minimum atomic E-state index is -0.0551. The fourth-order valence-electron chi connectivity index (χ4n) is 4.46. The van der Waals surface area contributed by atoms with E-state index in [2.05, 4.69) is 74.8 Å². The Morgan fingerprint density at radius 2 is 1.94 bits per heavy atom. The lowest BCUT2D eigenvalue weighted by Crippen LogP contribution is -2.36. The number of rotatable bonds is 6. The Balaban J connectivity index is 1.38. The Morgan fingerprint density at radius 3 is 2.72 bits per heavy atom. The summed E-state index contributed by atoms with van der Waals surface area (Å²) in [7, 11) is 2.17. The van der Waals surface area contributed by atoms with E-state index in [1.165, 1.54) is 6.20 Å². The van der Waals surface area contributed by atoms with E-state index < -0.39 is 0 Å². The van der Waals surface area contributed by atoms with Gasteiger partial charge in [-0.3, -0.25) is 4.40 Å². The Kier molecular flexibility index (Phi) is 6.97. The van der Waals surface area contributed by atoms with Crippen LogP contribution in [0.5, 0.6) is 0 Å². The van der Waals surface area contributed by atoms with Crippen molar-refractivity contribution >= 4 is 40.5 Å². The van der Waals surface area contributed by atoms with Gasteiger partial charge >= 0.3 is 0 Å². The molecular formula is C26H26Cl2N8. The molecule has 0 saturated carbocycles. The zero-order chi connectivity index (χ0) is 25.2. The molecule has 0 unspecified atom stereocenters. The van der Waals surface area contributed by atoms with Crippen LogP contribution in [0, 0.1) is 11.3 Å². The third-order valence-corrected chi connectivity index (χ3v) is 7.33. The van der Waals surface area contributed by atoms with Crippen molar-refractivity contribution in [1.82, 2.24) is 24.3 Å². The highest BCUT2D eigenvalue weighted by atomic mass is 35.5. The number of anilines is 2. The van der Waals surface area contributed by atoms with Crippen molar-refractivity contribution < 1.29 is 0 Å². The number of imidazole rings is 1. The number of fused-ring (bicyclic) bond motifs is 1. The number of aromatic nitrogens is 4. The van der Waals surface area contributed by atoms with Gasteiger partial charge in [0.15, 0.2) is 5.65 Å². The van der Waals surface area contributed by atoms with Gasteiger partial charge in [0.25, 0.3) is 0 Å². The minimum absolute atomic E-state index is 0.0551. The molecular weight excluding hydrogens is 495 g/mol. The van der Waals surface area contributed by atoms with Gasteiger partial charge in [-0.2, -0.15) is 5.26 Å². The van der Waals surface area contributed by atoms with E-state index in [-0.39, 0.29) is 6.04 Å². The molecule has 3 aromatic heterocycles. The van der Waals surface area contributed by atoms with Crippen molar-refractivity contribution in [3.8, 4) is 17.5 Å². The van der Waals surface area contributed by atoms with E-state index in [0.29, 0.717) is 44.6 Å². The number of hydrogen-bond acceptors (Lipinski definition) is 7. The lowest BCUT2D eigenvalue weighted by molar-refractivity contribution is 0.264. The first-order chi connectivity index (χ1) is 17.4. The van der Waals surface area contributed by atoms with Crippen LogP contribution in [0.2, 0.25) is 10.0 Å². The second-order valence-corrected chi connectivity index (χ2v) is 9.88. The maximum Gasteiger partial charge on any atom is 0.223 e. The van der Waals surface area contributed by atoms with E-state index >= 15 is 0 Å². The van der Waals surface area contributed by atoms with Gasteiger partial charge in [-0.15, -0.1) is 0 Å².